The van der Waals surface area contributed by atoms with Crippen LogP contribution in [0, 0.1) is 0 Å². The second kappa shape index (κ2) is 8.42. The number of ether oxygens (including phenoxy) is 1. The number of nitrogens with two attached hydrogens (primary N) is 1. The topological polar surface area (TPSA) is 127 Å². The van der Waals surface area contributed by atoms with Crippen molar-refractivity contribution in [1.82, 2.24) is 10.3 Å². The lowest BCUT2D eigenvalue weighted by Gasteiger charge is -2.31. The number of carbonyl (C=O) groups is 1. The van der Waals surface area contributed by atoms with Crippen LogP contribution in [0.15, 0.2) is 40.9 Å². The Morgan fingerprint density at radius 3 is 2.72 bits per heavy atom. The summed E-state index contributed by atoms with van der Waals surface area (Å²) in [5, 5.41) is 3.18. The molecule has 2 heterocycles. The van der Waals surface area contributed by atoms with Crippen LogP contribution in [0.5, 0.6) is 5.75 Å². The molecular formula is C22H27N5O4S. The fraction of sp³-hybridized carbons (Fsp3) is 0.409. The van der Waals surface area contributed by atoms with Crippen LogP contribution in [-0.4, -0.2) is 51.4 Å². The van der Waals surface area contributed by atoms with Crippen LogP contribution >= 0.6 is 0 Å². The Labute approximate surface area is 187 Å². The standard InChI is InChI=1S/C22H27N5O4S/c1-27(2)18-12-15(8-11-24-18)21(28)25-22(9-3-4-10-22)14-31-17-7-5-6-16-13-32(29,30)26-20(23)19(16)17/h5-8,11-12H,3-4,9-10,13-14H2,1-2H3,(H2,23,26)(H,25,28). The summed E-state index contributed by atoms with van der Waals surface area (Å²) in [7, 11) is 0.125. The molecule has 0 radical (unpaired) electrons. The zero-order valence-corrected chi connectivity index (χ0v) is 19.0. The van der Waals surface area contributed by atoms with Crippen molar-refractivity contribution in [3.63, 3.8) is 0 Å². The molecule has 2 aliphatic rings. The first-order chi connectivity index (χ1) is 15.2. The first-order valence-electron chi connectivity index (χ1n) is 10.5. The number of hydrogen-bond donors (Lipinski definition) is 2. The molecule has 2 aromatic rings. The predicted molar refractivity (Wildman–Crippen MR) is 123 cm³/mol. The number of sulfonamides is 1. The fourth-order valence-corrected chi connectivity index (χ4v) is 5.31. The summed E-state index contributed by atoms with van der Waals surface area (Å²) >= 11 is 0. The van der Waals surface area contributed by atoms with Crippen LogP contribution in [0.25, 0.3) is 0 Å². The third-order valence-corrected chi connectivity index (χ3v) is 7.00. The summed E-state index contributed by atoms with van der Waals surface area (Å²) in [6, 6.07) is 8.64. The second-order valence-corrected chi connectivity index (χ2v) is 10.2. The molecule has 0 spiro atoms. The Balaban J connectivity index is 1.54. The van der Waals surface area contributed by atoms with E-state index in [-0.39, 0.29) is 24.1 Å². The van der Waals surface area contributed by atoms with Crippen LogP contribution in [0.3, 0.4) is 0 Å². The number of nitrogens with one attached hydrogen (secondary N) is 1. The van der Waals surface area contributed by atoms with Crippen molar-refractivity contribution in [1.29, 1.82) is 0 Å². The van der Waals surface area contributed by atoms with Gasteiger partial charge in [-0.05, 0) is 36.6 Å². The van der Waals surface area contributed by atoms with Crippen LogP contribution in [0.1, 0.15) is 47.2 Å². The van der Waals surface area contributed by atoms with Gasteiger partial charge in [0.25, 0.3) is 15.9 Å². The van der Waals surface area contributed by atoms with Gasteiger partial charge in [0.05, 0.1) is 16.9 Å². The highest BCUT2D eigenvalue weighted by atomic mass is 32.2. The highest BCUT2D eigenvalue weighted by Crippen LogP contribution is 2.33. The van der Waals surface area contributed by atoms with Crippen molar-refractivity contribution in [3.05, 3.63) is 53.2 Å². The summed E-state index contributed by atoms with van der Waals surface area (Å²) in [5.41, 5.74) is 7.03. The van der Waals surface area contributed by atoms with Gasteiger partial charge in [0.2, 0.25) is 0 Å². The van der Waals surface area contributed by atoms with Crippen molar-refractivity contribution in [2.45, 2.75) is 37.0 Å². The molecule has 1 aromatic heterocycles. The van der Waals surface area contributed by atoms with Gasteiger partial charge < -0.3 is 20.7 Å². The van der Waals surface area contributed by atoms with Gasteiger partial charge >= 0.3 is 0 Å². The van der Waals surface area contributed by atoms with Gasteiger partial charge in [-0.25, -0.2) is 13.4 Å². The number of amidine groups is 1. The molecule has 9 nitrogen and oxygen atoms in total. The van der Waals surface area contributed by atoms with Crippen molar-refractivity contribution < 1.29 is 17.9 Å². The van der Waals surface area contributed by atoms with Gasteiger partial charge in [0.1, 0.15) is 24.0 Å². The molecule has 1 saturated carbocycles. The minimum Gasteiger partial charge on any atom is -0.490 e. The number of nitrogens with zero attached hydrogens (tertiary/aromatic N) is 3. The van der Waals surface area contributed by atoms with Gasteiger partial charge in [0, 0.05) is 25.9 Å². The van der Waals surface area contributed by atoms with Gasteiger partial charge in [-0.15, -0.1) is 4.40 Å². The average Bonchev–Trinajstić information content (AvgIpc) is 3.19. The summed E-state index contributed by atoms with van der Waals surface area (Å²) < 4.78 is 33.6. The first-order valence-corrected chi connectivity index (χ1v) is 12.1. The molecule has 3 N–H and O–H groups in total. The lowest BCUT2D eigenvalue weighted by molar-refractivity contribution is 0.0854. The predicted octanol–water partition coefficient (Wildman–Crippen LogP) is 1.82. The maximum atomic E-state index is 13.0. The molecule has 170 valence electrons. The lowest BCUT2D eigenvalue weighted by Crippen LogP contribution is -2.50. The van der Waals surface area contributed by atoms with E-state index in [9.17, 15) is 13.2 Å². The van der Waals surface area contributed by atoms with Crippen molar-refractivity contribution in [2.24, 2.45) is 10.1 Å². The Morgan fingerprint density at radius 2 is 2.00 bits per heavy atom. The fourth-order valence-electron chi connectivity index (χ4n) is 4.22. The Bertz CT molecular complexity index is 1170. The number of hydrogen-bond acceptors (Lipinski definition) is 7. The molecule has 1 aromatic carbocycles. The zero-order valence-electron chi connectivity index (χ0n) is 18.2. The van der Waals surface area contributed by atoms with Gasteiger partial charge in [-0.1, -0.05) is 25.0 Å². The highest BCUT2D eigenvalue weighted by Gasteiger charge is 2.37. The van der Waals surface area contributed by atoms with E-state index in [2.05, 4.69) is 14.7 Å². The molecule has 0 atom stereocenters. The van der Waals surface area contributed by atoms with E-state index in [1.165, 1.54) is 0 Å². The Morgan fingerprint density at radius 1 is 1.25 bits per heavy atom. The van der Waals surface area contributed by atoms with E-state index < -0.39 is 15.6 Å². The zero-order chi connectivity index (χ0) is 22.9. The first kappa shape index (κ1) is 22.1. The average molecular weight is 458 g/mol. The van der Waals surface area contributed by atoms with Crippen molar-refractivity contribution >= 4 is 27.6 Å². The van der Waals surface area contributed by atoms with E-state index in [0.717, 1.165) is 25.7 Å². The third-order valence-electron chi connectivity index (χ3n) is 5.85. The number of rotatable bonds is 6. The summed E-state index contributed by atoms with van der Waals surface area (Å²) in [4.78, 5) is 19.1. The smallest absolute Gasteiger partial charge is 0.259 e. The van der Waals surface area contributed by atoms with E-state index in [1.807, 2.05) is 19.0 Å². The van der Waals surface area contributed by atoms with Gasteiger partial charge in [-0.2, -0.15) is 0 Å². The molecule has 32 heavy (non-hydrogen) atoms. The minimum absolute atomic E-state index is 0.0700. The van der Waals surface area contributed by atoms with Crippen LogP contribution in [0.2, 0.25) is 0 Å². The molecule has 1 aliphatic heterocycles. The number of aromatic nitrogens is 1. The molecule has 4 rings (SSSR count). The van der Waals surface area contributed by atoms with Crippen molar-refractivity contribution in [2.75, 3.05) is 25.6 Å². The molecule has 0 unspecified atom stereocenters. The maximum Gasteiger partial charge on any atom is 0.259 e. The molecule has 1 fully saturated rings. The highest BCUT2D eigenvalue weighted by molar-refractivity contribution is 7.89. The van der Waals surface area contributed by atoms with E-state index in [1.54, 1.807) is 36.5 Å². The molecule has 1 amide bonds. The van der Waals surface area contributed by atoms with Gasteiger partial charge in [-0.3, -0.25) is 4.79 Å². The van der Waals surface area contributed by atoms with Gasteiger partial charge in [0.15, 0.2) is 0 Å². The molecular weight excluding hydrogens is 430 g/mol. The quantitative estimate of drug-likeness (QED) is 0.677. The molecule has 0 bridgehead atoms. The van der Waals surface area contributed by atoms with Crippen LogP contribution < -0.4 is 20.7 Å². The van der Waals surface area contributed by atoms with E-state index in [0.29, 0.717) is 28.3 Å². The molecule has 10 heteroatoms. The minimum atomic E-state index is -3.62. The van der Waals surface area contributed by atoms with E-state index in [4.69, 9.17) is 10.5 Å². The number of fused-ring (bicyclic) bond motifs is 1. The second-order valence-electron chi connectivity index (χ2n) is 8.52. The lowest BCUT2D eigenvalue weighted by atomic mass is 9.97. The number of pyridine rings is 1. The normalized spacial score (nSPS) is 18.4. The summed E-state index contributed by atoms with van der Waals surface area (Å²) in [5.74, 6) is 0.717. The monoisotopic (exact) mass is 457 g/mol. The molecule has 0 saturated heterocycles. The summed E-state index contributed by atoms with van der Waals surface area (Å²) in [6.07, 6.45) is 5.17. The SMILES string of the molecule is CN(C)c1cc(C(=O)NC2(COc3cccc4c3C(N)=NS(=O)(=O)C4)CCCC2)ccn1. The van der Waals surface area contributed by atoms with Crippen LogP contribution in [0.4, 0.5) is 5.82 Å². The maximum absolute atomic E-state index is 13.0. The van der Waals surface area contributed by atoms with E-state index >= 15 is 0 Å². The molecule has 1 aliphatic carbocycles. The number of carbonyl (C=O) groups excluding carboxylic acids is 1. The Hall–Kier alpha value is -3.14. The Kier molecular flexibility index (Phi) is 5.81. The van der Waals surface area contributed by atoms with Crippen molar-refractivity contribution in [3.8, 4) is 5.75 Å². The largest absolute Gasteiger partial charge is 0.490 e. The number of amides is 1. The number of benzene rings is 1. The summed E-state index contributed by atoms with van der Waals surface area (Å²) in [6.45, 7) is 0.251. The van der Waals surface area contributed by atoms with Crippen LogP contribution in [-0.2, 0) is 15.8 Å². The third kappa shape index (κ3) is 4.55. The number of anilines is 1.